The molecular weight excluding hydrogens is 316 g/mol. The smallest absolute Gasteiger partial charge is 0.335 e. The average molecular weight is 334 g/mol. The van der Waals surface area contributed by atoms with Crippen molar-refractivity contribution < 1.29 is 9.90 Å². The first-order chi connectivity index (χ1) is 11.8. The van der Waals surface area contributed by atoms with E-state index in [1.54, 1.807) is 18.2 Å². The molecule has 0 bridgehead atoms. The van der Waals surface area contributed by atoms with Crippen LogP contribution in [-0.4, -0.2) is 31.2 Å². The lowest BCUT2D eigenvalue weighted by Crippen LogP contribution is -2.10. The van der Waals surface area contributed by atoms with Crippen molar-refractivity contribution in [3.63, 3.8) is 0 Å². The minimum atomic E-state index is -0.962. The second-order valence-corrected chi connectivity index (χ2v) is 7.21. The average Bonchev–Trinajstić information content (AvgIpc) is 3.15. The SMILES string of the molecule is CC(C)(C)c1ccc2nc(-c3n[nH]c4cc(C(=O)O)ccc34)[nH]c2c1. The highest BCUT2D eigenvalue weighted by Crippen LogP contribution is 2.29. The zero-order valence-corrected chi connectivity index (χ0v) is 14.2. The molecule has 2 aromatic carbocycles. The van der Waals surface area contributed by atoms with E-state index in [9.17, 15) is 4.79 Å². The fourth-order valence-electron chi connectivity index (χ4n) is 2.92. The predicted molar refractivity (Wildman–Crippen MR) is 96.8 cm³/mol. The van der Waals surface area contributed by atoms with Crippen LogP contribution in [0, 0.1) is 0 Å². The summed E-state index contributed by atoms with van der Waals surface area (Å²) >= 11 is 0. The molecule has 4 rings (SSSR count). The number of fused-ring (bicyclic) bond motifs is 2. The number of hydrogen-bond donors (Lipinski definition) is 3. The number of carbonyl (C=O) groups is 1. The zero-order chi connectivity index (χ0) is 17.8. The third-order valence-electron chi connectivity index (χ3n) is 4.38. The van der Waals surface area contributed by atoms with Gasteiger partial charge in [0, 0.05) is 5.39 Å². The first kappa shape index (κ1) is 15.4. The van der Waals surface area contributed by atoms with Crippen LogP contribution >= 0.6 is 0 Å². The van der Waals surface area contributed by atoms with Gasteiger partial charge in [0.2, 0.25) is 0 Å². The quantitative estimate of drug-likeness (QED) is 0.514. The van der Waals surface area contributed by atoms with Crippen LogP contribution in [0.2, 0.25) is 0 Å². The van der Waals surface area contributed by atoms with E-state index in [1.165, 1.54) is 5.56 Å². The van der Waals surface area contributed by atoms with E-state index in [0.717, 1.165) is 16.4 Å². The standard InChI is InChI=1S/C19H18N4O2/c1-19(2,3)11-5-7-13-15(9-11)21-17(20-13)16-12-6-4-10(18(24)25)8-14(12)22-23-16/h4-9H,1-3H3,(H,20,21)(H,22,23)(H,24,25). The van der Waals surface area contributed by atoms with Gasteiger partial charge in [0.25, 0.3) is 0 Å². The number of aromatic carboxylic acids is 1. The van der Waals surface area contributed by atoms with Gasteiger partial charge >= 0.3 is 5.97 Å². The molecule has 0 fully saturated rings. The first-order valence-electron chi connectivity index (χ1n) is 8.05. The van der Waals surface area contributed by atoms with Gasteiger partial charge in [0.05, 0.1) is 22.1 Å². The van der Waals surface area contributed by atoms with Gasteiger partial charge in [-0.05, 0) is 41.3 Å². The molecular formula is C19H18N4O2. The molecule has 126 valence electrons. The molecule has 0 amide bonds. The van der Waals surface area contributed by atoms with Crippen molar-refractivity contribution in [2.45, 2.75) is 26.2 Å². The lowest BCUT2D eigenvalue weighted by molar-refractivity contribution is 0.0697. The molecule has 0 aliphatic carbocycles. The lowest BCUT2D eigenvalue weighted by Gasteiger charge is -2.18. The van der Waals surface area contributed by atoms with Crippen LogP contribution in [0.1, 0.15) is 36.7 Å². The number of nitrogens with one attached hydrogen (secondary N) is 2. The molecule has 4 aromatic rings. The van der Waals surface area contributed by atoms with Crippen molar-refractivity contribution in [2.24, 2.45) is 0 Å². The van der Waals surface area contributed by atoms with Crippen LogP contribution in [0.5, 0.6) is 0 Å². The Morgan fingerprint density at radius 3 is 2.60 bits per heavy atom. The largest absolute Gasteiger partial charge is 0.478 e. The molecule has 0 saturated heterocycles. The molecule has 3 N–H and O–H groups in total. The maximum Gasteiger partial charge on any atom is 0.335 e. The summed E-state index contributed by atoms with van der Waals surface area (Å²) in [4.78, 5) is 19.1. The molecule has 0 unspecified atom stereocenters. The molecule has 0 aliphatic rings. The van der Waals surface area contributed by atoms with E-state index in [-0.39, 0.29) is 11.0 Å². The van der Waals surface area contributed by atoms with Crippen LogP contribution in [0.3, 0.4) is 0 Å². The van der Waals surface area contributed by atoms with Crippen molar-refractivity contribution in [1.82, 2.24) is 20.2 Å². The zero-order valence-electron chi connectivity index (χ0n) is 14.2. The van der Waals surface area contributed by atoms with E-state index in [2.05, 4.69) is 53.1 Å². The van der Waals surface area contributed by atoms with Gasteiger partial charge in [-0.1, -0.05) is 26.8 Å². The number of aromatic nitrogens is 4. The van der Waals surface area contributed by atoms with Crippen LogP contribution in [-0.2, 0) is 5.41 Å². The minimum Gasteiger partial charge on any atom is -0.478 e. The molecule has 0 atom stereocenters. The fraction of sp³-hybridized carbons (Fsp3) is 0.211. The second kappa shape index (κ2) is 5.17. The Morgan fingerprint density at radius 1 is 1.08 bits per heavy atom. The van der Waals surface area contributed by atoms with Crippen LogP contribution < -0.4 is 0 Å². The summed E-state index contributed by atoms with van der Waals surface area (Å²) in [5.41, 5.74) is 4.70. The Balaban J connectivity index is 1.84. The van der Waals surface area contributed by atoms with E-state index in [4.69, 9.17) is 5.11 Å². The topological polar surface area (TPSA) is 94.7 Å². The van der Waals surface area contributed by atoms with E-state index >= 15 is 0 Å². The monoisotopic (exact) mass is 334 g/mol. The highest BCUT2D eigenvalue weighted by atomic mass is 16.4. The van der Waals surface area contributed by atoms with E-state index in [1.807, 2.05) is 6.07 Å². The van der Waals surface area contributed by atoms with Crippen molar-refractivity contribution in [2.75, 3.05) is 0 Å². The van der Waals surface area contributed by atoms with Crippen LogP contribution in [0.15, 0.2) is 36.4 Å². The summed E-state index contributed by atoms with van der Waals surface area (Å²) in [6, 6.07) is 11.1. The summed E-state index contributed by atoms with van der Waals surface area (Å²) in [7, 11) is 0. The third kappa shape index (κ3) is 2.55. The van der Waals surface area contributed by atoms with E-state index in [0.29, 0.717) is 17.0 Å². The van der Waals surface area contributed by atoms with Gasteiger partial charge in [-0.15, -0.1) is 0 Å². The Kier molecular flexibility index (Phi) is 3.18. The molecule has 0 spiro atoms. The summed E-state index contributed by atoms with van der Waals surface area (Å²) in [6.07, 6.45) is 0. The number of hydrogen-bond acceptors (Lipinski definition) is 3. The Labute approximate surface area is 143 Å². The van der Waals surface area contributed by atoms with Crippen LogP contribution in [0.25, 0.3) is 33.5 Å². The van der Waals surface area contributed by atoms with Crippen LogP contribution in [0.4, 0.5) is 0 Å². The van der Waals surface area contributed by atoms with Crippen molar-refractivity contribution in [3.8, 4) is 11.5 Å². The van der Waals surface area contributed by atoms with Crippen molar-refractivity contribution >= 4 is 27.9 Å². The summed E-state index contributed by atoms with van der Waals surface area (Å²) in [5, 5.41) is 17.1. The molecule has 25 heavy (non-hydrogen) atoms. The number of aromatic amines is 2. The summed E-state index contributed by atoms with van der Waals surface area (Å²) in [6.45, 7) is 6.52. The lowest BCUT2D eigenvalue weighted by atomic mass is 9.87. The minimum absolute atomic E-state index is 0.0612. The maximum absolute atomic E-state index is 11.1. The van der Waals surface area contributed by atoms with Gasteiger partial charge in [0.15, 0.2) is 5.82 Å². The van der Waals surface area contributed by atoms with Gasteiger partial charge in [0.1, 0.15) is 5.69 Å². The normalized spacial score (nSPS) is 12.1. The van der Waals surface area contributed by atoms with E-state index < -0.39 is 5.97 Å². The third-order valence-corrected chi connectivity index (χ3v) is 4.38. The fourth-order valence-corrected chi connectivity index (χ4v) is 2.92. The number of carboxylic acid groups (broad SMARTS) is 1. The second-order valence-electron chi connectivity index (χ2n) is 7.21. The number of nitrogens with zero attached hydrogens (tertiary/aromatic N) is 2. The maximum atomic E-state index is 11.1. The number of H-pyrrole nitrogens is 2. The molecule has 6 heteroatoms. The highest BCUT2D eigenvalue weighted by molar-refractivity contribution is 5.98. The Morgan fingerprint density at radius 2 is 1.88 bits per heavy atom. The van der Waals surface area contributed by atoms with Gasteiger partial charge in [-0.25, -0.2) is 9.78 Å². The molecule has 0 aliphatic heterocycles. The molecule has 6 nitrogen and oxygen atoms in total. The van der Waals surface area contributed by atoms with Gasteiger partial charge in [-0.3, -0.25) is 5.10 Å². The molecule has 0 saturated carbocycles. The first-order valence-corrected chi connectivity index (χ1v) is 8.05. The number of benzene rings is 2. The summed E-state index contributed by atoms with van der Waals surface area (Å²) < 4.78 is 0. The Bertz CT molecular complexity index is 1120. The summed E-state index contributed by atoms with van der Waals surface area (Å²) in [5.74, 6) is -0.299. The van der Waals surface area contributed by atoms with Gasteiger partial charge < -0.3 is 10.1 Å². The van der Waals surface area contributed by atoms with Gasteiger partial charge in [-0.2, -0.15) is 5.10 Å². The molecule has 2 heterocycles. The number of carboxylic acids is 1. The van der Waals surface area contributed by atoms with Crippen molar-refractivity contribution in [3.05, 3.63) is 47.5 Å². The Hall–Kier alpha value is -3.15. The number of imidazole rings is 1. The highest BCUT2D eigenvalue weighted by Gasteiger charge is 2.17. The molecule has 0 radical (unpaired) electrons. The number of rotatable bonds is 2. The molecule has 2 aromatic heterocycles. The van der Waals surface area contributed by atoms with Crippen molar-refractivity contribution in [1.29, 1.82) is 0 Å². The predicted octanol–water partition coefficient (Wildman–Crippen LogP) is 4.10.